The quantitative estimate of drug-likeness (QED) is 0.806. The van der Waals surface area contributed by atoms with Crippen LogP contribution in [0.2, 0.25) is 5.02 Å². The molecule has 0 unspecified atom stereocenters. The van der Waals surface area contributed by atoms with E-state index >= 15 is 0 Å². The zero-order valence-electron chi connectivity index (χ0n) is 10.6. The molecule has 1 aromatic carbocycles. The van der Waals surface area contributed by atoms with E-state index in [1.165, 1.54) is 6.07 Å². The van der Waals surface area contributed by atoms with Crippen LogP contribution in [0.5, 0.6) is 0 Å². The van der Waals surface area contributed by atoms with Gasteiger partial charge < -0.3 is 10.3 Å². The van der Waals surface area contributed by atoms with Gasteiger partial charge >= 0.3 is 0 Å². The Morgan fingerprint density at radius 3 is 2.90 bits per heavy atom. The van der Waals surface area contributed by atoms with Crippen molar-refractivity contribution in [1.29, 1.82) is 0 Å². The van der Waals surface area contributed by atoms with Crippen molar-refractivity contribution in [3.05, 3.63) is 53.1 Å². The van der Waals surface area contributed by atoms with Gasteiger partial charge in [-0.2, -0.15) is 0 Å². The lowest BCUT2D eigenvalue weighted by Gasteiger charge is -2.06. The highest BCUT2D eigenvalue weighted by molar-refractivity contribution is 6.31. The number of fused-ring (bicyclic) bond motifs is 1. The van der Waals surface area contributed by atoms with Crippen molar-refractivity contribution in [1.82, 2.24) is 14.5 Å². The summed E-state index contributed by atoms with van der Waals surface area (Å²) in [5.74, 6) is -0.147. The maximum absolute atomic E-state index is 13.4. The lowest BCUT2D eigenvalue weighted by Crippen LogP contribution is -2.06. The minimum absolute atomic E-state index is 0.0662. The van der Waals surface area contributed by atoms with Crippen LogP contribution >= 0.6 is 11.6 Å². The van der Waals surface area contributed by atoms with E-state index < -0.39 is 5.82 Å². The first-order valence-electron chi connectivity index (χ1n) is 6.16. The largest absolute Gasteiger partial charge is 0.369 e. The lowest BCUT2D eigenvalue weighted by atomic mass is 10.2. The Balaban J connectivity index is 1.95. The highest BCUT2D eigenvalue weighted by Crippen LogP contribution is 2.24. The van der Waals surface area contributed by atoms with E-state index in [-0.39, 0.29) is 5.02 Å². The zero-order chi connectivity index (χ0) is 14.1. The number of nitrogens with zero attached hydrogens (tertiary/aromatic N) is 3. The number of nitrogen functional groups attached to an aromatic ring is 1. The molecule has 2 aromatic heterocycles. The van der Waals surface area contributed by atoms with Gasteiger partial charge in [-0.15, -0.1) is 0 Å². The summed E-state index contributed by atoms with van der Waals surface area (Å²) in [7, 11) is 0. The maximum Gasteiger partial charge on any atom is 0.201 e. The smallest absolute Gasteiger partial charge is 0.201 e. The number of hydrogen-bond donors (Lipinski definition) is 1. The van der Waals surface area contributed by atoms with Gasteiger partial charge in [0, 0.05) is 30.9 Å². The van der Waals surface area contributed by atoms with Gasteiger partial charge in [-0.05, 0) is 18.2 Å². The van der Waals surface area contributed by atoms with Crippen LogP contribution in [0.15, 0.2) is 36.5 Å². The first-order chi connectivity index (χ1) is 9.65. The Bertz CT molecular complexity index is 755. The number of imidazole rings is 1. The van der Waals surface area contributed by atoms with Gasteiger partial charge in [0.1, 0.15) is 5.82 Å². The van der Waals surface area contributed by atoms with Gasteiger partial charge in [-0.1, -0.05) is 17.7 Å². The fraction of sp³-hybridized carbons (Fsp3) is 0.143. The van der Waals surface area contributed by atoms with Crippen LogP contribution in [0.3, 0.4) is 0 Å². The summed E-state index contributed by atoms with van der Waals surface area (Å²) in [4.78, 5) is 8.41. The summed E-state index contributed by atoms with van der Waals surface area (Å²) < 4.78 is 15.2. The summed E-state index contributed by atoms with van der Waals surface area (Å²) in [6.07, 6.45) is 2.46. The average Bonchev–Trinajstić information content (AvgIpc) is 2.73. The minimum atomic E-state index is -0.492. The van der Waals surface area contributed by atoms with E-state index in [1.807, 2.05) is 22.8 Å². The molecule has 0 fully saturated rings. The van der Waals surface area contributed by atoms with Crippen LogP contribution in [0.25, 0.3) is 11.0 Å². The van der Waals surface area contributed by atoms with Gasteiger partial charge in [-0.3, -0.25) is 4.98 Å². The second-order valence-electron chi connectivity index (χ2n) is 4.45. The maximum atomic E-state index is 13.4. The van der Waals surface area contributed by atoms with E-state index in [2.05, 4.69) is 9.97 Å². The van der Waals surface area contributed by atoms with Crippen LogP contribution in [-0.2, 0) is 13.0 Å². The average molecular weight is 291 g/mol. The molecule has 2 heterocycles. The topological polar surface area (TPSA) is 56.7 Å². The minimum Gasteiger partial charge on any atom is -0.369 e. The van der Waals surface area contributed by atoms with Gasteiger partial charge in [0.25, 0.3) is 0 Å². The Hall–Kier alpha value is -2.14. The summed E-state index contributed by atoms with van der Waals surface area (Å²) in [6.45, 7) is 0.612. The summed E-state index contributed by atoms with van der Waals surface area (Å²) in [5.41, 5.74) is 8.08. The Labute approximate surface area is 120 Å². The normalized spacial score (nSPS) is 11.1. The van der Waals surface area contributed by atoms with Crippen molar-refractivity contribution < 1.29 is 4.39 Å². The highest BCUT2D eigenvalue weighted by Gasteiger charge is 2.11. The molecule has 0 aliphatic rings. The van der Waals surface area contributed by atoms with Crippen molar-refractivity contribution >= 4 is 28.6 Å². The number of nitrogens with two attached hydrogens (primary N) is 1. The predicted octanol–water partition coefficient (Wildman–Crippen LogP) is 3.05. The highest BCUT2D eigenvalue weighted by atomic mass is 35.5. The fourth-order valence-electron chi connectivity index (χ4n) is 2.15. The third kappa shape index (κ3) is 2.32. The predicted molar refractivity (Wildman–Crippen MR) is 77.1 cm³/mol. The molecule has 0 atom stereocenters. The number of aromatic nitrogens is 3. The van der Waals surface area contributed by atoms with Gasteiger partial charge in [-0.25, -0.2) is 9.37 Å². The van der Waals surface area contributed by atoms with Crippen LogP contribution < -0.4 is 5.73 Å². The SMILES string of the molecule is Nc1nc2cc(F)c(Cl)cc2n1CCc1ccccn1. The van der Waals surface area contributed by atoms with Crippen LogP contribution in [0.1, 0.15) is 5.69 Å². The molecule has 102 valence electrons. The number of aryl methyl sites for hydroxylation is 2. The molecule has 0 bridgehead atoms. The first kappa shape index (κ1) is 12.9. The molecule has 0 saturated carbocycles. The Morgan fingerprint density at radius 1 is 1.30 bits per heavy atom. The number of anilines is 1. The zero-order valence-corrected chi connectivity index (χ0v) is 11.3. The van der Waals surface area contributed by atoms with E-state index in [0.29, 0.717) is 24.4 Å². The van der Waals surface area contributed by atoms with Crippen LogP contribution in [-0.4, -0.2) is 14.5 Å². The number of halogens is 2. The van der Waals surface area contributed by atoms with Gasteiger partial charge in [0.2, 0.25) is 5.95 Å². The van der Waals surface area contributed by atoms with E-state index in [0.717, 1.165) is 11.2 Å². The van der Waals surface area contributed by atoms with E-state index in [4.69, 9.17) is 17.3 Å². The van der Waals surface area contributed by atoms with Gasteiger partial charge in [0.05, 0.1) is 16.1 Å². The van der Waals surface area contributed by atoms with Gasteiger partial charge in [0.15, 0.2) is 0 Å². The molecule has 2 N–H and O–H groups in total. The molecule has 0 saturated heterocycles. The second kappa shape index (κ2) is 5.09. The molecular weight excluding hydrogens is 279 g/mol. The lowest BCUT2D eigenvalue weighted by molar-refractivity contribution is 0.629. The molecule has 0 amide bonds. The molecule has 4 nitrogen and oxygen atoms in total. The standard InChI is InChI=1S/C14H12ClFN4/c15-10-7-13-12(8-11(10)16)19-14(17)20(13)6-4-9-3-1-2-5-18-9/h1-3,5,7-8H,4,6H2,(H2,17,19). The number of benzene rings is 1. The Morgan fingerprint density at radius 2 is 2.15 bits per heavy atom. The van der Waals surface area contributed by atoms with Crippen molar-refractivity contribution in [2.75, 3.05) is 5.73 Å². The van der Waals surface area contributed by atoms with Crippen molar-refractivity contribution in [2.24, 2.45) is 0 Å². The molecule has 0 aliphatic heterocycles. The number of rotatable bonds is 3. The fourth-order valence-corrected chi connectivity index (χ4v) is 2.30. The monoisotopic (exact) mass is 290 g/mol. The number of pyridine rings is 1. The number of hydrogen-bond acceptors (Lipinski definition) is 3. The summed E-state index contributed by atoms with van der Waals surface area (Å²) >= 11 is 5.82. The first-order valence-corrected chi connectivity index (χ1v) is 6.53. The van der Waals surface area contributed by atoms with E-state index in [1.54, 1.807) is 12.3 Å². The molecule has 3 rings (SSSR count). The molecule has 6 heteroatoms. The Kier molecular flexibility index (Phi) is 3.28. The molecule has 0 radical (unpaired) electrons. The van der Waals surface area contributed by atoms with Crippen molar-refractivity contribution in [2.45, 2.75) is 13.0 Å². The summed E-state index contributed by atoms with van der Waals surface area (Å²) in [6, 6.07) is 8.60. The summed E-state index contributed by atoms with van der Waals surface area (Å²) in [5, 5.41) is 0.0662. The van der Waals surface area contributed by atoms with Crippen LogP contribution in [0.4, 0.5) is 10.3 Å². The molecular formula is C14H12ClFN4. The van der Waals surface area contributed by atoms with E-state index in [9.17, 15) is 4.39 Å². The molecule has 0 aliphatic carbocycles. The third-order valence-electron chi connectivity index (χ3n) is 3.14. The third-order valence-corrected chi connectivity index (χ3v) is 3.43. The van der Waals surface area contributed by atoms with Crippen LogP contribution in [0, 0.1) is 5.82 Å². The van der Waals surface area contributed by atoms with Crippen molar-refractivity contribution in [3.63, 3.8) is 0 Å². The molecule has 20 heavy (non-hydrogen) atoms. The molecule has 0 spiro atoms. The molecule has 3 aromatic rings. The second-order valence-corrected chi connectivity index (χ2v) is 4.85. The van der Waals surface area contributed by atoms with Crippen molar-refractivity contribution in [3.8, 4) is 0 Å².